The Hall–Kier alpha value is -5.14. The van der Waals surface area contributed by atoms with Crippen molar-refractivity contribution in [1.82, 2.24) is 30.3 Å². The normalized spacial score (nSPS) is 27.5. The number of aromatic nitrogens is 3. The van der Waals surface area contributed by atoms with Crippen LogP contribution in [0.25, 0.3) is 16.7 Å². The molecule has 3 N–H and O–H groups in total. The second-order valence-electron chi connectivity index (χ2n) is 14.4. The second kappa shape index (κ2) is 14.8. The number of pyridine rings is 1. The third kappa shape index (κ3) is 7.42. The van der Waals surface area contributed by atoms with E-state index in [9.17, 15) is 24.3 Å². The Morgan fingerprint density at radius 2 is 1.85 bits per heavy atom. The summed E-state index contributed by atoms with van der Waals surface area (Å²) in [6.07, 6.45) is 11.5. The third-order valence-electron chi connectivity index (χ3n) is 10.7. The van der Waals surface area contributed by atoms with E-state index in [4.69, 9.17) is 19.2 Å². The van der Waals surface area contributed by atoms with Gasteiger partial charge in [-0.25, -0.2) is 19.3 Å². The van der Waals surface area contributed by atoms with Gasteiger partial charge >= 0.3 is 12.1 Å². The van der Waals surface area contributed by atoms with Crippen LogP contribution in [0, 0.1) is 12.8 Å². The molecular weight excluding hydrogens is 668 g/mol. The molecule has 3 aromatic rings. The molecular formula is C38H46N6O8. The first-order valence-corrected chi connectivity index (χ1v) is 18.3. The molecule has 0 bridgehead atoms. The number of carboxylic acid groups (broad SMARTS) is 1. The van der Waals surface area contributed by atoms with Crippen LogP contribution in [0.5, 0.6) is 11.5 Å². The molecule has 2 aliphatic carbocycles. The Labute approximate surface area is 301 Å². The van der Waals surface area contributed by atoms with Crippen molar-refractivity contribution in [2.24, 2.45) is 5.92 Å². The van der Waals surface area contributed by atoms with Crippen molar-refractivity contribution in [3.63, 3.8) is 0 Å². The van der Waals surface area contributed by atoms with Crippen LogP contribution in [-0.2, 0) is 19.1 Å². The maximum atomic E-state index is 14.5. The molecule has 4 heterocycles. The molecule has 1 unspecified atom stereocenters. The number of benzene rings is 1. The van der Waals surface area contributed by atoms with E-state index in [1.165, 1.54) is 4.90 Å². The number of hydrogen-bond acceptors (Lipinski definition) is 9. The fourth-order valence-electron chi connectivity index (χ4n) is 7.71. The van der Waals surface area contributed by atoms with Crippen molar-refractivity contribution in [1.29, 1.82) is 0 Å². The van der Waals surface area contributed by atoms with Gasteiger partial charge in [-0.1, -0.05) is 25.0 Å². The minimum absolute atomic E-state index is 0.0341. The highest BCUT2D eigenvalue weighted by Gasteiger charge is 2.61. The number of allylic oxidation sites excluding steroid dienone is 1. The van der Waals surface area contributed by atoms with Crippen LogP contribution in [0.1, 0.15) is 76.3 Å². The van der Waals surface area contributed by atoms with Gasteiger partial charge < -0.3 is 34.9 Å². The molecule has 4 aliphatic rings. The lowest BCUT2D eigenvalue weighted by molar-refractivity contribution is -0.145. The molecule has 14 nitrogen and oxygen atoms in total. The molecule has 3 fully saturated rings. The van der Waals surface area contributed by atoms with Gasteiger partial charge in [-0.3, -0.25) is 9.59 Å². The fraction of sp³-hybridized carbons (Fsp3) is 0.526. The summed E-state index contributed by atoms with van der Waals surface area (Å²) in [5, 5.41) is 21.1. The quantitative estimate of drug-likeness (QED) is 0.294. The largest absolute Gasteiger partial charge is 0.497 e. The van der Waals surface area contributed by atoms with Crippen molar-refractivity contribution in [2.45, 2.75) is 107 Å². The molecule has 52 heavy (non-hydrogen) atoms. The van der Waals surface area contributed by atoms with Crippen LogP contribution in [0.3, 0.4) is 0 Å². The number of carbonyl (C=O) groups is 4. The molecule has 276 valence electrons. The van der Waals surface area contributed by atoms with Crippen LogP contribution < -0.4 is 20.1 Å². The van der Waals surface area contributed by atoms with E-state index in [1.54, 1.807) is 36.2 Å². The molecule has 1 saturated heterocycles. The molecule has 2 saturated carbocycles. The SMILES string of the molecule is COc1ccc2c(O[C@@H]3C[C@H]4C(=O)N[C@]5(C(=O)O)C[C@H]5/C=C\CCCCCC(NC(=O)OC5CCCC5)C(=O)N4C3)cc(-n3ccc(C)n3)nc2c1. The molecule has 0 radical (unpaired) electrons. The highest BCUT2D eigenvalue weighted by Crippen LogP contribution is 2.45. The van der Waals surface area contributed by atoms with Crippen molar-refractivity contribution >= 4 is 34.8 Å². The van der Waals surface area contributed by atoms with Crippen molar-refractivity contribution in [2.75, 3.05) is 13.7 Å². The summed E-state index contributed by atoms with van der Waals surface area (Å²) in [6, 6.07) is 7.09. The maximum absolute atomic E-state index is 14.5. The molecule has 3 amide bonds. The van der Waals surface area contributed by atoms with Gasteiger partial charge in [0.25, 0.3) is 0 Å². The fourth-order valence-corrected chi connectivity index (χ4v) is 7.71. The number of hydrogen-bond donors (Lipinski definition) is 3. The average Bonchev–Trinajstić information content (AvgIpc) is 3.54. The summed E-state index contributed by atoms with van der Waals surface area (Å²) in [7, 11) is 1.58. The minimum Gasteiger partial charge on any atom is -0.497 e. The van der Waals surface area contributed by atoms with Crippen LogP contribution in [-0.4, -0.2) is 92.1 Å². The van der Waals surface area contributed by atoms with E-state index < -0.39 is 47.6 Å². The van der Waals surface area contributed by atoms with Gasteiger partial charge in [-0.15, -0.1) is 0 Å². The van der Waals surface area contributed by atoms with Gasteiger partial charge in [0.15, 0.2) is 5.82 Å². The number of rotatable bonds is 7. The molecule has 5 atom stereocenters. The van der Waals surface area contributed by atoms with E-state index in [-0.39, 0.29) is 31.4 Å². The number of carbonyl (C=O) groups excluding carboxylic acids is 3. The predicted octanol–water partition coefficient (Wildman–Crippen LogP) is 4.60. The Kier molecular flexibility index (Phi) is 10.1. The lowest BCUT2D eigenvalue weighted by atomic mass is 10.0. The molecule has 2 aromatic heterocycles. The highest BCUT2D eigenvalue weighted by atomic mass is 16.6. The summed E-state index contributed by atoms with van der Waals surface area (Å²) >= 11 is 0. The molecule has 0 spiro atoms. The lowest BCUT2D eigenvalue weighted by Crippen LogP contribution is -2.56. The standard InChI is InChI=1S/C38H46N6O8/c1-23-16-17-44(42-23)33-20-32(28-15-14-26(50-2)18-30(28)39-33)51-27-19-31-34(45)41-38(36(47)48)21-24(38)10-6-4-3-5-7-13-29(35(46)43(31)22-27)40-37(49)52-25-11-8-9-12-25/h6,10,14-18,20,24-25,27,29,31H,3-5,7-9,11-13,19,21-22H2,1-2H3,(H,40,49)(H,41,45)(H,47,48)/b10-6-/t24-,27-,29?,31+,38-/m1/s1. The number of fused-ring (bicyclic) bond motifs is 3. The molecule has 7 rings (SSSR count). The zero-order valence-electron chi connectivity index (χ0n) is 29.6. The van der Waals surface area contributed by atoms with Crippen LogP contribution in [0.2, 0.25) is 0 Å². The monoisotopic (exact) mass is 714 g/mol. The number of carboxylic acids is 1. The Bertz CT molecular complexity index is 1870. The molecule has 2 aliphatic heterocycles. The van der Waals surface area contributed by atoms with Crippen LogP contribution in [0.15, 0.2) is 48.7 Å². The first-order valence-electron chi connectivity index (χ1n) is 18.3. The molecule has 14 heteroatoms. The van der Waals surface area contributed by atoms with Gasteiger partial charge in [0.05, 0.1) is 24.9 Å². The van der Waals surface area contributed by atoms with E-state index in [2.05, 4.69) is 15.7 Å². The van der Waals surface area contributed by atoms with Crippen molar-refractivity contribution in [3.8, 4) is 17.3 Å². The number of nitrogens with zero attached hydrogens (tertiary/aromatic N) is 4. The van der Waals surface area contributed by atoms with E-state index in [0.29, 0.717) is 41.1 Å². The minimum atomic E-state index is -1.44. The van der Waals surface area contributed by atoms with Gasteiger partial charge in [-0.2, -0.15) is 5.10 Å². The zero-order valence-corrected chi connectivity index (χ0v) is 29.6. The number of aliphatic carboxylic acids is 1. The van der Waals surface area contributed by atoms with Crippen molar-refractivity contribution < 1.29 is 38.5 Å². The topological polar surface area (TPSA) is 174 Å². The summed E-state index contributed by atoms with van der Waals surface area (Å²) in [6.45, 7) is 1.91. The van der Waals surface area contributed by atoms with Gasteiger partial charge in [0, 0.05) is 36.1 Å². The van der Waals surface area contributed by atoms with Gasteiger partial charge in [-0.05, 0) is 76.5 Å². The number of alkyl carbamates (subject to hydrolysis) is 1. The third-order valence-corrected chi connectivity index (χ3v) is 10.7. The van der Waals surface area contributed by atoms with E-state index in [1.807, 2.05) is 31.2 Å². The van der Waals surface area contributed by atoms with Gasteiger partial charge in [0.1, 0.15) is 41.3 Å². The van der Waals surface area contributed by atoms with Crippen LogP contribution >= 0.6 is 0 Å². The number of ether oxygens (including phenoxy) is 3. The first kappa shape index (κ1) is 35.3. The highest BCUT2D eigenvalue weighted by molar-refractivity contribution is 5.96. The second-order valence-corrected chi connectivity index (χ2v) is 14.4. The van der Waals surface area contributed by atoms with Crippen LogP contribution in [0.4, 0.5) is 4.79 Å². The van der Waals surface area contributed by atoms with Gasteiger partial charge in [0.2, 0.25) is 11.8 Å². The van der Waals surface area contributed by atoms with Crippen molar-refractivity contribution in [3.05, 3.63) is 54.4 Å². The summed E-state index contributed by atoms with van der Waals surface area (Å²) in [5.74, 6) is -0.876. The van der Waals surface area contributed by atoms with E-state index >= 15 is 0 Å². The number of methoxy groups -OCH3 is 1. The predicted molar refractivity (Wildman–Crippen MR) is 189 cm³/mol. The summed E-state index contributed by atoms with van der Waals surface area (Å²) in [5.41, 5.74) is -0.0352. The Morgan fingerprint density at radius 3 is 2.60 bits per heavy atom. The van der Waals surface area contributed by atoms with E-state index in [0.717, 1.165) is 50.6 Å². The maximum Gasteiger partial charge on any atom is 0.408 e. The summed E-state index contributed by atoms with van der Waals surface area (Å²) < 4.78 is 19.4. The number of aryl methyl sites for hydroxylation is 1. The molecule has 1 aromatic carbocycles. The lowest BCUT2D eigenvalue weighted by Gasteiger charge is -2.29. The Balaban J connectivity index is 1.20. The zero-order chi connectivity index (χ0) is 36.4. The Morgan fingerprint density at radius 1 is 1.04 bits per heavy atom. The summed E-state index contributed by atoms with van der Waals surface area (Å²) in [4.78, 5) is 60.4. The average molecular weight is 715 g/mol. The smallest absolute Gasteiger partial charge is 0.408 e. The number of nitrogens with one attached hydrogen (secondary N) is 2. The number of amides is 3. The first-order chi connectivity index (χ1) is 25.1.